The van der Waals surface area contributed by atoms with Gasteiger partial charge in [0.1, 0.15) is 0 Å². The van der Waals surface area contributed by atoms with Crippen molar-refractivity contribution in [2.45, 2.75) is 39.2 Å². The molecule has 0 bridgehead atoms. The van der Waals surface area contributed by atoms with Crippen molar-refractivity contribution in [2.75, 3.05) is 13.1 Å². The van der Waals surface area contributed by atoms with Crippen LogP contribution in [0.25, 0.3) is 0 Å². The Morgan fingerprint density at radius 2 is 1.37 bits per heavy atom. The summed E-state index contributed by atoms with van der Waals surface area (Å²) in [6.45, 7) is 5.11. The van der Waals surface area contributed by atoms with Crippen molar-refractivity contribution < 1.29 is 29.7 Å². The lowest BCUT2D eigenvalue weighted by atomic mass is 9.86. The van der Waals surface area contributed by atoms with Gasteiger partial charge in [-0.1, -0.05) is 6.92 Å². The molecule has 1 atom stereocenters. The lowest BCUT2D eigenvalue weighted by Gasteiger charge is -2.41. The van der Waals surface area contributed by atoms with Crippen molar-refractivity contribution in [3.63, 3.8) is 0 Å². The van der Waals surface area contributed by atoms with Crippen LogP contribution in [-0.2, 0) is 14.4 Å². The number of hydrogen-bond donors (Lipinski definition) is 3. The van der Waals surface area contributed by atoms with Crippen LogP contribution in [-0.4, -0.2) is 56.8 Å². The molecule has 0 aliphatic rings. The zero-order valence-electron chi connectivity index (χ0n) is 11.4. The summed E-state index contributed by atoms with van der Waals surface area (Å²) in [6.07, 6.45) is -0.315. The average Bonchev–Trinajstić information content (AvgIpc) is 2.26. The van der Waals surface area contributed by atoms with Gasteiger partial charge >= 0.3 is 17.9 Å². The number of carboxylic acid groups (broad SMARTS) is 3. The molecule has 0 radical (unpaired) electrons. The Balaban J connectivity index is 4.91. The van der Waals surface area contributed by atoms with E-state index in [1.54, 1.807) is 18.7 Å². The first-order chi connectivity index (χ1) is 8.59. The van der Waals surface area contributed by atoms with E-state index in [4.69, 9.17) is 15.3 Å². The SMILES string of the molecule is CC(C(=O)O)C(C)(C)N(CCC(=O)O)CCC(=O)O. The van der Waals surface area contributed by atoms with Crippen molar-refractivity contribution in [2.24, 2.45) is 5.92 Å². The third kappa shape index (κ3) is 5.69. The van der Waals surface area contributed by atoms with Gasteiger partial charge in [-0.25, -0.2) is 0 Å². The van der Waals surface area contributed by atoms with Crippen molar-refractivity contribution in [3.05, 3.63) is 0 Å². The predicted octanol–water partition coefficient (Wildman–Crippen LogP) is 0.737. The second-order valence-electron chi connectivity index (χ2n) is 4.99. The molecule has 0 aliphatic heterocycles. The van der Waals surface area contributed by atoms with E-state index in [0.29, 0.717) is 0 Å². The molecule has 0 fully saturated rings. The third-order valence-corrected chi connectivity index (χ3v) is 3.44. The van der Waals surface area contributed by atoms with Gasteiger partial charge in [0.15, 0.2) is 0 Å². The Hall–Kier alpha value is -1.63. The molecule has 0 spiro atoms. The molecule has 0 aromatic carbocycles. The highest BCUT2D eigenvalue weighted by molar-refractivity contribution is 5.71. The molecule has 19 heavy (non-hydrogen) atoms. The molecular formula is C12H21NO6. The Morgan fingerprint density at radius 3 is 1.63 bits per heavy atom. The lowest BCUT2D eigenvalue weighted by molar-refractivity contribution is -0.146. The normalized spacial score (nSPS) is 13.3. The summed E-state index contributed by atoms with van der Waals surface area (Å²) >= 11 is 0. The van der Waals surface area contributed by atoms with Crippen molar-refractivity contribution >= 4 is 17.9 Å². The number of carboxylic acids is 3. The van der Waals surface area contributed by atoms with Crippen LogP contribution in [0.4, 0.5) is 0 Å². The Bertz CT molecular complexity index is 334. The Labute approximate surface area is 111 Å². The fraction of sp³-hybridized carbons (Fsp3) is 0.750. The van der Waals surface area contributed by atoms with E-state index in [0.717, 1.165) is 0 Å². The topological polar surface area (TPSA) is 115 Å². The van der Waals surface area contributed by atoms with E-state index in [2.05, 4.69) is 0 Å². The van der Waals surface area contributed by atoms with E-state index >= 15 is 0 Å². The summed E-state index contributed by atoms with van der Waals surface area (Å²) in [6, 6.07) is 0. The molecule has 0 rings (SSSR count). The molecular weight excluding hydrogens is 254 g/mol. The van der Waals surface area contributed by atoms with E-state index in [9.17, 15) is 14.4 Å². The maximum atomic E-state index is 11.1. The van der Waals surface area contributed by atoms with E-state index in [1.165, 1.54) is 6.92 Å². The van der Waals surface area contributed by atoms with Crippen LogP contribution >= 0.6 is 0 Å². The number of aliphatic carboxylic acids is 3. The monoisotopic (exact) mass is 275 g/mol. The summed E-state index contributed by atoms with van der Waals surface area (Å²) in [5.74, 6) is -3.74. The van der Waals surface area contributed by atoms with E-state index in [-0.39, 0.29) is 25.9 Å². The molecule has 7 heteroatoms. The molecule has 0 saturated heterocycles. The van der Waals surface area contributed by atoms with Gasteiger partial charge in [-0.2, -0.15) is 0 Å². The first-order valence-electron chi connectivity index (χ1n) is 6.00. The molecule has 3 N–H and O–H groups in total. The third-order valence-electron chi connectivity index (χ3n) is 3.44. The van der Waals surface area contributed by atoms with Gasteiger partial charge in [0.05, 0.1) is 18.8 Å². The maximum Gasteiger partial charge on any atom is 0.308 e. The summed E-state index contributed by atoms with van der Waals surface area (Å²) < 4.78 is 0. The van der Waals surface area contributed by atoms with Gasteiger partial charge in [0.25, 0.3) is 0 Å². The fourth-order valence-electron chi connectivity index (χ4n) is 1.73. The standard InChI is InChI=1S/C12H21NO6/c1-8(11(18)19)12(2,3)13(6-4-9(14)15)7-5-10(16)17/h8H,4-7H2,1-3H3,(H,14,15)(H,16,17)(H,18,19). The average molecular weight is 275 g/mol. The predicted molar refractivity (Wildman–Crippen MR) is 67.0 cm³/mol. The number of rotatable bonds is 9. The second-order valence-corrected chi connectivity index (χ2v) is 4.99. The van der Waals surface area contributed by atoms with Crippen molar-refractivity contribution in [3.8, 4) is 0 Å². The Morgan fingerprint density at radius 1 is 1.00 bits per heavy atom. The van der Waals surface area contributed by atoms with E-state index < -0.39 is 29.4 Å². The molecule has 0 heterocycles. The van der Waals surface area contributed by atoms with Crippen LogP contribution in [0.5, 0.6) is 0 Å². The lowest BCUT2D eigenvalue weighted by Crippen LogP contribution is -2.52. The van der Waals surface area contributed by atoms with Gasteiger partial charge in [0.2, 0.25) is 0 Å². The van der Waals surface area contributed by atoms with Crippen LogP contribution < -0.4 is 0 Å². The van der Waals surface area contributed by atoms with Crippen LogP contribution in [0, 0.1) is 5.92 Å². The number of nitrogens with zero attached hydrogens (tertiary/aromatic N) is 1. The quantitative estimate of drug-likeness (QED) is 0.568. The van der Waals surface area contributed by atoms with Crippen LogP contribution in [0.15, 0.2) is 0 Å². The highest BCUT2D eigenvalue weighted by atomic mass is 16.4. The summed E-state index contributed by atoms with van der Waals surface area (Å²) in [4.78, 5) is 33.9. The molecule has 0 saturated carbocycles. The minimum Gasteiger partial charge on any atom is -0.481 e. The molecule has 0 aliphatic carbocycles. The smallest absolute Gasteiger partial charge is 0.308 e. The highest BCUT2D eigenvalue weighted by Gasteiger charge is 2.37. The van der Waals surface area contributed by atoms with Crippen LogP contribution in [0.1, 0.15) is 33.6 Å². The van der Waals surface area contributed by atoms with Crippen LogP contribution in [0.3, 0.4) is 0 Å². The fourth-order valence-corrected chi connectivity index (χ4v) is 1.73. The highest BCUT2D eigenvalue weighted by Crippen LogP contribution is 2.25. The summed E-state index contributed by atoms with van der Waals surface area (Å²) in [5, 5.41) is 26.4. The zero-order valence-corrected chi connectivity index (χ0v) is 11.4. The minimum absolute atomic E-state index is 0.118. The molecule has 1 unspecified atom stereocenters. The molecule has 110 valence electrons. The van der Waals surface area contributed by atoms with Gasteiger partial charge in [0, 0.05) is 18.6 Å². The minimum atomic E-state index is -1.00. The van der Waals surface area contributed by atoms with Gasteiger partial charge in [-0.15, -0.1) is 0 Å². The first-order valence-corrected chi connectivity index (χ1v) is 6.00. The number of carbonyl (C=O) groups is 3. The number of hydrogen-bond acceptors (Lipinski definition) is 4. The largest absolute Gasteiger partial charge is 0.481 e. The molecule has 0 aromatic rings. The van der Waals surface area contributed by atoms with Crippen LogP contribution in [0.2, 0.25) is 0 Å². The molecule has 7 nitrogen and oxygen atoms in total. The summed E-state index contributed by atoms with van der Waals surface area (Å²) in [7, 11) is 0. The first kappa shape index (κ1) is 17.4. The van der Waals surface area contributed by atoms with Gasteiger partial charge < -0.3 is 15.3 Å². The zero-order chi connectivity index (χ0) is 15.2. The van der Waals surface area contributed by atoms with Crippen molar-refractivity contribution in [1.82, 2.24) is 4.90 Å². The van der Waals surface area contributed by atoms with Gasteiger partial charge in [-0.3, -0.25) is 19.3 Å². The Kier molecular flexibility index (Phi) is 6.47. The molecule has 0 amide bonds. The molecule has 0 aromatic heterocycles. The van der Waals surface area contributed by atoms with Gasteiger partial charge in [-0.05, 0) is 13.8 Å². The van der Waals surface area contributed by atoms with Crippen molar-refractivity contribution in [1.29, 1.82) is 0 Å². The summed E-state index contributed by atoms with van der Waals surface area (Å²) in [5.41, 5.74) is -0.823. The van der Waals surface area contributed by atoms with E-state index in [1.807, 2.05) is 0 Å². The second kappa shape index (κ2) is 7.08. The maximum absolute atomic E-state index is 11.1.